The van der Waals surface area contributed by atoms with Crippen LogP contribution in [0.5, 0.6) is 0 Å². The molecule has 0 radical (unpaired) electrons. The number of primary amides is 1. The van der Waals surface area contributed by atoms with Gasteiger partial charge < -0.3 is 60.8 Å². The zero-order valence-corrected chi connectivity index (χ0v) is 65.6. The van der Waals surface area contributed by atoms with Crippen LogP contribution in [0.1, 0.15) is 187 Å². The number of methoxy groups -OCH3 is 1. The molecule has 4 heterocycles. The van der Waals surface area contributed by atoms with Gasteiger partial charge in [-0.15, -0.1) is 11.3 Å². The first kappa shape index (κ1) is 86.9. The molecule has 0 bridgehead atoms. The molecule has 3 aromatic rings. The standard InChI is InChI=1S/C79H119N11O15S/c1-14-52(8)72(65(104-13)47-69(98)89-37-22-26-61(89)60(48-91)53(9)62(92)45-57(75-81-35-42-106-75)43-54-23-17-15-18-24-54)86(11)76(100)59(49(2)3)46-64(94)71(51(6)7)87(12)79(103)105-73(77(101)88-40-38-85(10)39-41-88)55-28-30-58(31-29-55)83-74(99)56(25-21-34-82-78(80)102)44-63(93)70(50(4)5)84-66(95)27-19-16-20-36-90-67(96)32-33-68(90)97/h15,17-18,23-24,28-31,35,42,49-53,56-57,59-61,65,70-73,91H,14,16,19-22,25-27,32-34,36-41,43-48H2,1-13H3,(H,83,99)(H,84,95)(H3,80,82,102)/t52-,53+,56+,57?,59-,60+,61-,65+,70-,71-,72-,73?/m0/s1. The number of amides is 10. The van der Waals surface area contributed by atoms with Crippen LogP contribution in [0.3, 0.4) is 0 Å². The highest BCUT2D eigenvalue weighted by molar-refractivity contribution is 7.09. The molecule has 26 nitrogen and oxygen atoms in total. The van der Waals surface area contributed by atoms with E-state index >= 15 is 4.79 Å². The van der Waals surface area contributed by atoms with Crippen LogP contribution in [0.4, 0.5) is 15.3 Å². The Morgan fingerprint density at radius 2 is 1.43 bits per heavy atom. The third-order valence-electron chi connectivity index (χ3n) is 21.7. The minimum absolute atomic E-state index is 0.0108. The highest BCUT2D eigenvalue weighted by atomic mass is 32.1. The number of rotatable bonds is 43. The Kier molecular flexibility index (Phi) is 34.9. The van der Waals surface area contributed by atoms with Crippen molar-refractivity contribution in [3.05, 3.63) is 82.3 Å². The lowest BCUT2D eigenvalue weighted by Gasteiger charge is -2.41. The first-order valence-electron chi connectivity index (χ1n) is 38.1. The maximum atomic E-state index is 15.2. The van der Waals surface area contributed by atoms with Gasteiger partial charge in [-0.3, -0.25) is 52.8 Å². The van der Waals surface area contributed by atoms with E-state index in [9.17, 15) is 57.8 Å². The average molecular weight is 1490 g/mol. The number of aliphatic hydroxyl groups excluding tert-OH is 1. The Hall–Kier alpha value is -8.01. The normalized spacial score (nSPS) is 18.1. The number of likely N-dealkylation sites (N-methyl/N-ethyl adjacent to an activating group) is 3. The van der Waals surface area contributed by atoms with E-state index in [-0.39, 0.29) is 147 Å². The van der Waals surface area contributed by atoms with Gasteiger partial charge >= 0.3 is 12.1 Å². The van der Waals surface area contributed by atoms with Crippen LogP contribution in [0, 0.1) is 47.3 Å². The number of nitrogens with two attached hydrogens (primary N) is 1. The molecule has 586 valence electrons. The zero-order valence-electron chi connectivity index (χ0n) is 64.8. The highest BCUT2D eigenvalue weighted by Crippen LogP contribution is 2.36. The van der Waals surface area contributed by atoms with Gasteiger partial charge in [-0.25, -0.2) is 14.6 Å². The number of aromatic nitrogens is 1. The molecule has 3 aliphatic rings. The molecule has 3 fully saturated rings. The summed E-state index contributed by atoms with van der Waals surface area (Å²) in [5.74, 6) is -7.62. The van der Waals surface area contributed by atoms with Gasteiger partial charge in [0.15, 0.2) is 11.6 Å². The first-order chi connectivity index (χ1) is 50.4. The predicted octanol–water partition coefficient (Wildman–Crippen LogP) is 8.59. The highest BCUT2D eigenvalue weighted by Gasteiger charge is 2.45. The molecule has 3 aliphatic heterocycles. The second-order valence-electron chi connectivity index (χ2n) is 30.3. The minimum Gasteiger partial charge on any atom is -0.431 e. The number of urea groups is 1. The Labute approximate surface area is 630 Å². The van der Waals surface area contributed by atoms with Crippen molar-refractivity contribution in [1.82, 2.24) is 45.0 Å². The van der Waals surface area contributed by atoms with Crippen LogP contribution < -0.4 is 21.7 Å². The summed E-state index contributed by atoms with van der Waals surface area (Å²) < 4.78 is 12.4. The molecule has 3 saturated heterocycles. The molecule has 2 unspecified atom stereocenters. The topological polar surface area (TPSA) is 338 Å². The monoisotopic (exact) mass is 1490 g/mol. The number of hydrogen-bond acceptors (Lipinski definition) is 18. The lowest BCUT2D eigenvalue weighted by atomic mass is 9.80. The number of carbonyl (C=O) groups excluding carboxylic acids is 12. The van der Waals surface area contributed by atoms with Crippen molar-refractivity contribution < 1.29 is 72.1 Å². The molecule has 2 aromatic carbocycles. The van der Waals surface area contributed by atoms with Crippen molar-refractivity contribution in [2.45, 2.75) is 207 Å². The van der Waals surface area contributed by atoms with Crippen LogP contribution in [0.15, 0.2) is 66.2 Å². The Balaban J connectivity index is 1.13. The van der Waals surface area contributed by atoms with Crippen LogP contribution in [0.25, 0.3) is 0 Å². The lowest BCUT2D eigenvalue weighted by molar-refractivity contribution is -0.148. The second-order valence-corrected chi connectivity index (χ2v) is 31.3. The van der Waals surface area contributed by atoms with E-state index in [4.69, 9.17) is 15.2 Å². The number of likely N-dealkylation sites (tertiary alicyclic amines) is 2. The fraction of sp³-hybridized carbons (Fsp3) is 0.658. The first-order valence-corrected chi connectivity index (χ1v) is 39.0. The van der Waals surface area contributed by atoms with Gasteiger partial charge in [0.25, 0.3) is 5.91 Å². The van der Waals surface area contributed by atoms with E-state index in [1.54, 1.807) is 67.8 Å². The van der Waals surface area contributed by atoms with Gasteiger partial charge in [-0.1, -0.05) is 118 Å². The summed E-state index contributed by atoms with van der Waals surface area (Å²) in [7, 11) is 6.54. The molecule has 1 aromatic heterocycles. The van der Waals surface area contributed by atoms with Crippen molar-refractivity contribution in [3.63, 3.8) is 0 Å². The summed E-state index contributed by atoms with van der Waals surface area (Å²) in [6, 6.07) is 12.3. The van der Waals surface area contributed by atoms with Crippen molar-refractivity contribution in [3.8, 4) is 0 Å². The number of anilines is 1. The molecule has 0 aliphatic carbocycles. The number of ketones is 3. The number of piperazine rings is 1. The number of imide groups is 1. The molecular weight excluding hydrogens is 1370 g/mol. The van der Waals surface area contributed by atoms with Crippen molar-refractivity contribution in [2.24, 2.45) is 53.1 Å². The van der Waals surface area contributed by atoms with Gasteiger partial charge in [0.1, 0.15) is 5.78 Å². The van der Waals surface area contributed by atoms with E-state index in [2.05, 4.69) is 25.8 Å². The number of hydrogen-bond donors (Lipinski definition) is 5. The van der Waals surface area contributed by atoms with Gasteiger partial charge in [-0.05, 0) is 93.4 Å². The lowest BCUT2D eigenvalue weighted by Crippen LogP contribution is -2.54. The maximum absolute atomic E-state index is 15.2. The Morgan fingerprint density at radius 1 is 0.764 bits per heavy atom. The SMILES string of the molecule is CC[C@H](C)[C@@H]([C@@H](CC(=O)N1CCC[C@H]1[C@H](CO)[C@@H](C)C(=O)CC(Cc1ccccc1)c1nccs1)OC)N(C)C(=O)[C@@H](CC(=O)[C@H](C(C)C)N(C)C(=O)OC(C(=O)N1CCN(C)CC1)c1ccc(NC(=O)[C@H](CCCNC(N)=O)CC(=O)[C@@H](NC(=O)CCCCCN2C(=O)CCC2=O)C(C)C)cc1)C(C)C. The minimum atomic E-state index is -1.51. The van der Waals surface area contributed by atoms with E-state index in [1.165, 1.54) is 47.4 Å². The number of nitrogens with zero attached hydrogens (tertiary/aromatic N) is 7. The van der Waals surface area contributed by atoms with Crippen molar-refractivity contribution >= 4 is 87.8 Å². The van der Waals surface area contributed by atoms with Crippen molar-refractivity contribution in [1.29, 1.82) is 0 Å². The van der Waals surface area contributed by atoms with E-state index in [0.29, 0.717) is 84.2 Å². The summed E-state index contributed by atoms with van der Waals surface area (Å²) >= 11 is 1.51. The molecule has 0 spiro atoms. The number of ether oxygens (including phenoxy) is 2. The molecule has 27 heteroatoms. The molecule has 106 heavy (non-hydrogen) atoms. The van der Waals surface area contributed by atoms with Crippen LogP contribution >= 0.6 is 11.3 Å². The van der Waals surface area contributed by atoms with Crippen LogP contribution in [-0.2, 0) is 63.8 Å². The van der Waals surface area contributed by atoms with E-state index in [1.807, 2.05) is 77.4 Å². The molecule has 6 N–H and O–H groups in total. The van der Waals surface area contributed by atoms with Crippen molar-refractivity contribution in [2.75, 3.05) is 86.0 Å². The van der Waals surface area contributed by atoms with E-state index in [0.717, 1.165) is 10.6 Å². The number of unbranched alkanes of at least 4 members (excludes halogenated alkanes) is 2. The van der Waals surface area contributed by atoms with E-state index < -0.39 is 95.7 Å². The summed E-state index contributed by atoms with van der Waals surface area (Å²) in [5, 5.41) is 22.0. The summed E-state index contributed by atoms with van der Waals surface area (Å²) in [6.07, 6.45) is 3.15. The van der Waals surface area contributed by atoms with Crippen LogP contribution in [-0.4, -0.2) is 221 Å². The molecular formula is C79H119N11O15S. The maximum Gasteiger partial charge on any atom is 0.411 e. The zero-order chi connectivity index (χ0) is 78.1. The third kappa shape index (κ3) is 24.8. The second kappa shape index (κ2) is 42.5. The van der Waals surface area contributed by atoms with Crippen LogP contribution in [0.2, 0.25) is 0 Å². The summed E-state index contributed by atoms with van der Waals surface area (Å²) in [5.41, 5.74) is 6.95. The number of thiazole rings is 1. The summed E-state index contributed by atoms with van der Waals surface area (Å²) in [4.78, 5) is 180. The molecule has 10 amide bonds. The average Bonchev–Trinajstić information content (AvgIpc) is 1.09. The number of nitrogens with one attached hydrogen (secondary N) is 3. The number of Topliss-reactive ketones (excluding diaryl/α,β-unsaturated/α-hetero) is 3. The Morgan fingerprint density at radius 3 is 2.02 bits per heavy atom. The summed E-state index contributed by atoms with van der Waals surface area (Å²) in [6.45, 7) is 19.0. The number of benzene rings is 2. The third-order valence-corrected chi connectivity index (χ3v) is 22.6. The van der Waals surface area contributed by atoms with Gasteiger partial charge in [0.05, 0.1) is 35.7 Å². The Bertz CT molecular complexity index is 3390. The largest absolute Gasteiger partial charge is 0.431 e. The molecule has 0 saturated carbocycles. The smallest absolute Gasteiger partial charge is 0.411 e. The van der Waals surface area contributed by atoms with Gasteiger partial charge in [0.2, 0.25) is 41.5 Å². The molecule has 12 atom stereocenters. The fourth-order valence-electron chi connectivity index (χ4n) is 15.1. The predicted molar refractivity (Wildman–Crippen MR) is 404 cm³/mol. The number of aliphatic hydroxyl groups is 1. The molecule has 6 rings (SSSR count). The van der Waals surface area contributed by atoms with Gasteiger partial charge in [-0.2, -0.15) is 0 Å². The van der Waals surface area contributed by atoms with Gasteiger partial charge in [0, 0.05) is 171 Å². The fourth-order valence-corrected chi connectivity index (χ4v) is 15.9. The number of carbonyl (C=O) groups is 12. The quantitative estimate of drug-likeness (QED) is 0.0261.